The molecule has 2 fully saturated rings. The van der Waals surface area contributed by atoms with Gasteiger partial charge in [-0.2, -0.15) is 0 Å². The quantitative estimate of drug-likeness (QED) is 0.535. The summed E-state index contributed by atoms with van der Waals surface area (Å²) in [7, 11) is 0. The Morgan fingerprint density at radius 2 is 2.10 bits per heavy atom. The third kappa shape index (κ3) is 0.772. The summed E-state index contributed by atoms with van der Waals surface area (Å²) in [6.45, 7) is 2.13. The predicted molar refractivity (Wildman–Crippen MR) is 35.7 cm³/mol. The summed E-state index contributed by atoms with van der Waals surface area (Å²) in [6, 6.07) is 0. The van der Waals surface area contributed by atoms with Gasteiger partial charge in [-0.05, 0) is 25.9 Å². The second kappa shape index (κ2) is 2.17. The molecule has 2 saturated heterocycles. The Morgan fingerprint density at radius 1 is 1.40 bits per heavy atom. The number of hydrogen-bond donors (Lipinski definition) is 1. The fourth-order valence-electron chi connectivity index (χ4n) is 1.69. The van der Waals surface area contributed by atoms with Gasteiger partial charge in [0, 0.05) is 0 Å². The van der Waals surface area contributed by atoms with Gasteiger partial charge in [0.1, 0.15) is 5.60 Å². The number of alkyl halides is 1. The van der Waals surface area contributed by atoms with E-state index < -0.39 is 6.17 Å². The maximum absolute atomic E-state index is 12.9. The standard InChI is InChI=1S/C7H12FNO/c8-6-5-10-7(6)1-3-9-4-2-7/h6,9H,1-5H2. The number of piperidine rings is 1. The molecule has 2 aliphatic rings. The summed E-state index contributed by atoms with van der Waals surface area (Å²) in [4.78, 5) is 0. The third-order valence-electron chi connectivity index (χ3n) is 2.54. The molecule has 0 amide bonds. The Hall–Kier alpha value is -0.150. The van der Waals surface area contributed by atoms with Gasteiger partial charge >= 0.3 is 0 Å². The van der Waals surface area contributed by atoms with Crippen molar-refractivity contribution in [2.24, 2.45) is 0 Å². The first kappa shape index (κ1) is 6.55. The number of nitrogens with one attached hydrogen (secondary N) is 1. The molecule has 0 aromatic rings. The van der Waals surface area contributed by atoms with E-state index in [0.717, 1.165) is 25.9 Å². The van der Waals surface area contributed by atoms with Crippen LogP contribution in [0.25, 0.3) is 0 Å². The van der Waals surface area contributed by atoms with Crippen LogP contribution in [-0.4, -0.2) is 31.5 Å². The molecule has 10 heavy (non-hydrogen) atoms. The Morgan fingerprint density at radius 3 is 2.40 bits per heavy atom. The van der Waals surface area contributed by atoms with Crippen LogP contribution >= 0.6 is 0 Å². The first-order valence-corrected chi connectivity index (χ1v) is 3.82. The summed E-state index contributed by atoms with van der Waals surface area (Å²) in [5, 5.41) is 3.18. The molecule has 2 heterocycles. The molecule has 0 aromatic heterocycles. The average Bonchev–Trinajstić information content (AvgIpc) is 2.04. The first-order chi connectivity index (χ1) is 4.83. The van der Waals surface area contributed by atoms with Crippen LogP contribution in [0.15, 0.2) is 0 Å². The SMILES string of the molecule is FC1COC12CCNCC2. The molecule has 58 valence electrons. The molecular formula is C7H12FNO. The summed E-state index contributed by atoms with van der Waals surface area (Å²) in [5.74, 6) is 0. The lowest BCUT2D eigenvalue weighted by atomic mass is 9.84. The lowest BCUT2D eigenvalue weighted by molar-refractivity contribution is -0.221. The second-order valence-corrected chi connectivity index (χ2v) is 3.09. The van der Waals surface area contributed by atoms with Crippen LogP contribution < -0.4 is 5.32 Å². The van der Waals surface area contributed by atoms with Gasteiger partial charge in [-0.25, -0.2) is 4.39 Å². The number of hydrogen-bond acceptors (Lipinski definition) is 2. The van der Waals surface area contributed by atoms with Gasteiger partial charge in [0.2, 0.25) is 0 Å². The zero-order chi connectivity index (χ0) is 7.03. The molecule has 0 aliphatic carbocycles. The fourth-order valence-corrected chi connectivity index (χ4v) is 1.69. The van der Waals surface area contributed by atoms with Crippen molar-refractivity contribution in [1.29, 1.82) is 0 Å². The number of rotatable bonds is 0. The molecule has 2 rings (SSSR count). The minimum absolute atomic E-state index is 0.319. The number of ether oxygens (including phenoxy) is 1. The highest BCUT2D eigenvalue weighted by molar-refractivity contribution is 4.99. The molecule has 3 heteroatoms. The van der Waals surface area contributed by atoms with E-state index in [2.05, 4.69) is 5.32 Å². The van der Waals surface area contributed by atoms with Gasteiger partial charge in [-0.1, -0.05) is 0 Å². The maximum atomic E-state index is 12.9. The third-order valence-corrected chi connectivity index (χ3v) is 2.54. The molecule has 1 N–H and O–H groups in total. The molecule has 1 unspecified atom stereocenters. The van der Waals surface area contributed by atoms with Crippen molar-refractivity contribution in [3.05, 3.63) is 0 Å². The van der Waals surface area contributed by atoms with Crippen molar-refractivity contribution in [3.63, 3.8) is 0 Å². The van der Waals surface area contributed by atoms with Crippen LogP contribution in [-0.2, 0) is 4.74 Å². The first-order valence-electron chi connectivity index (χ1n) is 3.82. The van der Waals surface area contributed by atoms with Gasteiger partial charge in [-0.3, -0.25) is 0 Å². The van der Waals surface area contributed by atoms with Crippen LogP contribution in [0.1, 0.15) is 12.8 Å². The minimum Gasteiger partial charge on any atom is -0.369 e. The highest BCUT2D eigenvalue weighted by Gasteiger charge is 2.49. The normalized spacial score (nSPS) is 37.5. The molecule has 1 atom stereocenters. The summed E-state index contributed by atoms with van der Waals surface area (Å²) in [6.07, 6.45) is 0.983. The van der Waals surface area contributed by atoms with Crippen molar-refractivity contribution < 1.29 is 9.13 Å². The Labute approximate surface area is 59.7 Å². The van der Waals surface area contributed by atoms with Crippen LogP contribution in [0.4, 0.5) is 4.39 Å². The molecule has 0 bridgehead atoms. The van der Waals surface area contributed by atoms with Crippen molar-refractivity contribution >= 4 is 0 Å². The van der Waals surface area contributed by atoms with Gasteiger partial charge < -0.3 is 10.1 Å². The lowest BCUT2D eigenvalue weighted by Gasteiger charge is -2.47. The van der Waals surface area contributed by atoms with E-state index in [1.54, 1.807) is 0 Å². The van der Waals surface area contributed by atoms with Gasteiger partial charge in [-0.15, -0.1) is 0 Å². The molecule has 1 spiro atoms. The minimum atomic E-state index is -0.699. The van der Waals surface area contributed by atoms with Crippen molar-refractivity contribution in [3.8, 4) is 0 Å². The predicted octanol–water partition coefficient (Wildman–Crippen LogP) is 0.477. The average molecular weight is 145 g/mol. The van der Waals surface area contributed by atoms with Crippen LogP contribution in [0.5, 0.6) is 0 Å². The van der Waals surface area contributed by atoms with Crippen LogP contribution in [0.3, 0.4) is 0 Å². The van der Waals surface area contributed by atoms with E-state index in [9.17, 15) is 4.39 Å². The number of halogens is 1. The summed E-state index contributed by atoms with van der Waals surface area (Å²) in [5.41, 5.74) is -0.370. The zero-order valence-electron chi connectivity index (χ0n) is 5.90. The van der Waals surface area contributed by atoms with E-state index in [4.69, 9.17) is 4.74 Å². The largest absolute Gasteiger partial charge is 0.369 e. The van der Waals surface area contributed by atoms with Gasteiger partial charge in [0.05, 0.1) is 6.61 Å². The van der Waals surface area contributed by atoms with Crippen LogP contribution in [0.2, 0.25) is 0 Å². The zero-order valence-corrected chi connectivity index (χ0v) is 5.90. The van der Waals surface area contributed by atoms with E-state index in [-0.39, 0.29) is 5.60 Å². The smallest absolute Gasteiger partial charge is 0.152 e. The molecule has 2 nitrogen and oxygen atoms in total. The van der Waals surface area contributed by atoms with E-state index in [1.165, 1.54) is 0 Å². The highest BCUT2D eigenvalue weighted by atomic mass is 19.1. The maximum Gasteiger partial charge on any atom is 0.152 e. The Balaban J connectivity index is 1.99. The van der Waals surface area contributed by atoms with Crippen molar-refractivity contribution in [1.82, 2.24) is 5.32 Å². The molecule has 0 saturated carbocycles. The van der Waals surface area contributed by atoms with E-state index in [1.807, 2.05) is 0 Å². The molecule has 0 aromatic carbocycles. The van der Waals surface area contributed by atoms with Gasteiger partial charge in [0.25, 0.3) is 0 Å². The second-order valence-electron chi connectivity index (χ2n) is 3.09. The summed E-state index contributed by atoms with van der Waals surface area (Å²) < 4.78 is 18.2. The van der Waals surface area contributed by atoms with Crippen molar-refractivity contribution in [2.75, 3.05) is 19.7 Å². The van der Waals surface area contributed by atoms with Crippen LogP contribution in [0, 0.1) is 0 Å². The van der Waals surface area contributed by atoms with E-state index in [0.29, 0.717) is 6.61 Å². The topological polar surface area (TPSA) is 21.3 Å². The van der Waals surface area contributed by atoms with E-state index >= 15 is 0 Å². The Kier molecular flexibility index (Phi) is 1.42. The molecule has 0 radical (unpaired) electrons. The fraction of sp³-hybridized carbons (Fsp3) is 1.00. The van der Waals surface area contributed by atoms with Gasteiger partial charge in [0.15, 0.2) is 6.17 Å². The summed E-state index contributed by atoms with van der Waals surface area (Å²) >= 11 is 0. The molecule has 2 aliphatic heterocycles. The van der Waals surface area contributed by atoms with Crippen molar-refractivity contribution in [2.45, 2.75) is 24.6 Å². The monoisotopic (exact) mass is 145 g/mol. The Bertz CT molecular complexity index is 134. The molecular weight excluding hydrogens is 133 g/mol. The lowest BCUT2D eigenvalue weighted by Crippen LogP contribution is -2.60. The highest BCUT2D eigenvalue weighted by Crippen LogP contribution is 2.37.